The van der Waals surface area contributed by atoms with Crippen molar-refractivity contribution in [3.63, 3.8) is 0 Å². The quantitative estimate of drug-likeness (QED) is 0.819. The van der Waals surface area contributed by atoms with E-state index in [0.717, 1.165) is 55.0 Å². The Kier molecular flexibility index (Phi) is 4.04. The lowest BCUT2D eigenvalue weighted by Crippen LogP contribution is -2.70. The van der Waals surface area contributed by atoms with Crippen LogP contribution in [0.5, 0.6) is 17.2 Å². The van der Waals surface area contributed by atoms with Crippen molar-refractivity contribution in [3.05, 3.63) is 65.7 Å². The standard InChI is InChI=1S/C24H27NO3/c1-25-15-14-23-12-6-7-13-24(23,26)20(25)16-17-10-11-19(27-2)22(21(17)23)28-18-8-4-3-5-9-18/h3-6,8-12,20,26H,7,13-16H2,1-2H3/t20?,23-,24+/m0/s1. The molecule has 0 amide bonds. The molecule has 1 fully saturated rings. The van der Waals surface area contributed by atoms with Gasteiger partial charge in [-0.25, -0.2) is 0 Å². The molecular formula is C24H27NO3. The number of likely N-dealkylation sites (tertiary alicyclic amines) is 1. The molecule has 2 bridgehead atoms. The summed E-state index contributed by atoms with van der Waals surface area (Å²) in [6, 6.07) is 14.1. The number of rotatable bonds is 3. The second kappa shape index (κ2) is 6.36. The summed E-state index contributed by atoms with van der Waals surface area (Å²) < 4.78 is 12.1. The molecule has 3 atom stereocenters. The van der Waals surface area contributed by atoms with E-state index in [0.29, 0.717) is 0 Å². The van der Waals surface area contributed by atoms with E-state index in [2.05, 4.69) is 30.2 Å². The van der Waals surface area contributed by atoms with Gasteiger partial charge in [0.25, 0.3) is 0 Å². The minimum absolute atomic E-state index is 0.122. The van der Waals surface area contributed by atoms with Gasteiger partial charge >= 0.3 is 0 Å². The number of nitrogens with zero attached hydrogens (tertiary/aromatic N) is 1. The summed E-state index contributed by atoms with van der Waals surface area (Å²) in [6.07, 6.45) is 7.88. The van der Waals surface area contributed by atoms with Crippen LogP contribution in [0, 0.1) is 0 Å². The average molecular weight is 377 g/mol. The fourth-order valence-electron chi connectivity index (χ4n) is 5.68. The molecule has 2 aromatic rings. The van der Waals surface area contributed by atoms with E-state index in [1.54, 1.807) is 7.11 Å². The van der Waals surface area contributed by atoms with E-state index < -0.39 is 11.0 Å². The van der Waals surface area contributed by atoms with Crippen LogP contribution in [-0.4, -0.2) is 42.4 Å². The Bertz CT molecular complexity index is 925. The van der Waals surface area contributed by atoms with E-state index in [9.17, 15) is 5.11 Å². The summed E-state index contributed by atoms with van der Waals surface area (Å²) in [5, 5.41) is 12.0. The first-order valence-electron chi connectivity index (χ1n) is 10.1. The molecule has 0 radical (unpaired) electrons. The highest BCUT2D eigenvalue weighted by Crippen LogP contribution is 2.59. The molecule has 2 aromatic carbocycles. The fourth-order valence-corrected chi connectivity index (χ4v) is 5.68. The van der Waals surface area contributed by atoms with Crippen molar-refractivity contribution < 1.29 is 14.6 Å². The van der Waals surface area contributed by atoms with Crippen LogP contribution in [0.2, 0.25) is 0 Å². The summed E-state index contributed by atoms with van der Waals surface area (Å²) in [7, 11) is 3.82. The van der Waals surface area contributed by atoms with Gasteiger partial charge in [-0.3, -0.25) is 0 Å². The third kappa shape index (κ3) is 2.31. The lowest BCUT2D eigenvalue weighted by Gasteiger charge is -2.61. The van der Waals surface area contributed by atoms with Gasteiger partial charge in [-0.05, 0) is 63.0 Å². The predicted molar refractivity (Wildman–Crippen MR) is 109 cm³/mol. The Morgan fingerprint density at radius 2 is 1.93 bits per heavy atom. The molecule has 0 saturated carbocycles. The second-order valence-corrected chi connectivity index (χ2v) is 8.33. The summed E-state index contributed by atoms with van der Waals surface area (Å²) in [6.45, 7) is 0.957. The van der Waals surface area contributed by atoms with Gasteiger partial charge < -0.3 is 19.5 Å². The Balaban J connectivity index is 1.76. The molecule has 146 valence electrons. The fraction of sp³-hybridized carbons (Fsp3) is 0.417. The monoisotopic (exact) mass is 377 g/mol. The van der Waals surface area contributed by atoms with E-state index in [1.807, 2.05) is 36.4 Å². The zero-order valence-corrected chi connectivity index (χ0v) is 16.5. The van der Waals surface area contributed by atoms with E-state index in [1.165, 1.54) is 5.56 Å². The highest BCUT2D eigenvalue weighted by molar-refractivity contribution is 5.62. The smallest absolute Gasteiger partial charge is 0.173 e. The Labute approximate surface area is 166 Å². The van der Waals surface area contributed by atoms with Crippen LogP contribution in [0.3, 0.4) is 0 Å². The number of para-hydroxylation sites is 1. The molecule has 2 aliphatic carbocycles. The summed E-state index contributed by atoms with van der Waals surface area (Å²) in [5.74, 6) is 2.25. The van der Waals surface area contributed by atoms with Gasteiger partial charge in [-0.2, -0.15) is 0 Å². The van der Waals surface area contributed by atoms with E-state index in [4.69, 9.17) is 9.47 Å². The number of hydrogen-bond acceptors (Lipinski definition) is 4. The largest absolute Gasteiger partial charge is 0.493 e. The minimum atomic E-state index is -0.789. The molecule has 0 aromatic heterocycles. The van der Waals surface area contributed by atoms with Crippen molar-refractivity contribution in [1.29, 1.82) is 0 Å². The number of methoxy groups -OCH3 is 1. The average Bonchev–Trinajstić information content (AvgIpc) is 2.71. The highest BCUT2D eigenvalue weighted by Gasteiger charge is 2.62. The zero-order chi connectivity index (χ0) is 19.4. The van der Waals surface area contributed by atoms with Gasteiger partial charge in [0.2, 0.25) is 0 Å². The maximum absolute atomic E-state index is 12.0. The van der Waals surface area contributed by atoms with Gasteiger partial charge in [-0.1, -0.05) is 36.4 Å². The Morgan fingerprint density at radius 3 is 2.71 bits per heavy atom. The summed E-state index contributed by atoms with van der Waals surface area (Å²) in [5.41, 5.74) is 1.13. The number of likely N-dealkylation sites (N-methyl/N-ethyl adjacent to an activating group) is 1. The van der Waals surface area contributed by atoms with Gasteiger partial charge in [0, 0.05) is 17.0 Å². The zero-order valence-electron chi connectivity index (χ0n) is 16.5. The van der Waals surface area contributed by atoms with Crippen molar-refractivity contribution in [3.8, 4) is 17.2 Å². The number of fused-ring (bicyclic) bond motifs is 1. The van der Waals surface area contributed by atoms with Crippen LogP contribution >= 0.6 is 0 Å². The Morgan fingerprint density at radius 1 is 1.11 bits per heavy atom. The van der Waals surface area contributed by atoms with E-state index >= 15 is 0 Å². The summed E-state index contributed by atoms with van der Waals surface area (Å²) >= 11 is 0. The molecule has 4 heteroatoms. The summed E-state index contributed by atoms with van der Waals surface area (Å²) in [4.78, 5) is 2.34. The normalized spacial score (nSPS) is 31.0. The third-order valence-corrected chi connectivity index (χ3v) is 7.06. The first-order valence-corrected chi connectivity index (χ1v) is 10.1. The molecule has 1 unspecified atom stereocenters. The SMILES string of the molecule is COc1ccc2c(c1Oc1ccccc1)[C@@]13C=CCC[C@@]1(O)C(C2)N(C)CC3. The van der Waals surface area contributed by atoms with Crippen LogP contribution in [0.25, 0.3) is 0 Å². The van der Waals surface area contributed by atoms with Crippen LogP contribution in [-0.2, 0) is 11.8 Å². The first kappa shape index (κ1) is 17.8. The minimum Gasteiger partial charge on any atom is -0.493 e. The van der Waals surface area contributed by atoms with Crippen molar-refractivity contribution in [1.82, 2.24) is 4.90 Å². The maximum atomic E-state index is 12.0. The number of ether oxygens (including phenoxy) is 2. The van der Waals surface area contributed by atoms with Crippen molar-refractivity contribution in [2.45, 2.75) is 42.7 Å². The molecule has 1 aliphatic heterocycles. The topological polar surface area (TPSA) is 41.9 Å². The van der Waals surface area contributed by atoms with Gasteiger partial charge in [-0.15, -0.1) is 0 Å². The van der Waals surface area contributed by atoms with Crippen LogP contribution in [0.4, 0.5) is 0 Å². The lowest BCUT2D eigenvalue weighted by molar-refractivity contribution is -0.132. The first-order chi connectivity index (χ1) is 13.6. The lowest BCUT2D eigenvalue weighted by atomic mass is 9.51. The number of hydrogen-bond donors (Lipinski definition) is 1. The number of benzene rings is 2. The number of allylic oxidation sites excluding steroid dienone is 1. The molecule has 0 spiro atoms. The van der Waals surface area contributed by atoms with Gasteiger partial charge in [0.1, 0.15) is 5.75 Å². The van der Waals surface area contributed by atoms with E-state index in [-0.39, 0.29) is 6.04 Å². The van der Waals surface area contributed by atoms with Crippen molar-refractivity contribution in [2.75, 3.05) is 20.7 Å². The van der Waals surface area contributed by atoms with Crippen LogP contribution in [0.1, 0.15) is 30.4 Å². The molecule has 1 saturated heterocycles. The van der Waals surface area contributed by atoms with Gasteiger partial charge in [0.15, 0.2) is 11.5 Å². The van der Waals surface area contributed by atoms with Crippen LogP contribution < -0.4 is 9.47 Å². The third-order valence-electron chi connectivity index (χ3n) is 7.06. The molecule has 3 aliphatic rings. The molecular weight excluding hydrogens is 350 g/mol. The van der Waals surface area contributed by atoms with Crippen molar-refractivity contribution in [2.24, 2.45) is 0 Å². The molecule has 5 rings (SSSR count). The molecule has 28 heavy (non-hydrogen) atoms. The van der Waals surface area contributed by atoms with Gasteiger partial charge in [0.05, 0.1) is 12.7 Å². The molecule has 1 N–H and O–H groups in total. The second-order valence-electron chi connectivity index (χ2n) is 8.33. The Hall–Kier alpha value is -2.30. The molecule has 1 heterocycles. The highest BCUT2D eigenvalue weighted by atomic mass is 16.5. The van der Waals surface area contributed by atoms with Crippen molar-refractivity contribution >= 4 is 0 Å². The molecule has 4 nitrogen and oxygen atoms in total. The maximum Gasteiger partial charge on any atom is 0.173 e. The number of aliphatic hydroxyl groups is 1. The predicted octanol–water partition coefficient (Wildman–Crippen LogP) is 4.07. The number of piperidine rings is 1. The van der Waals surface area contributed by atoms with Crippen LogP contribution in [0.15, 0.2) is 54.6 Å².